The zero-order chi connectivity index (χ0) is 23.4. The van der Waals surface area contributed by atoms with Crippen molar-refractivity contribution in [2.75, 3.05) is 6.61 Å². The molecule has 1 aromatic heterocycles. The van der Waals surface area contributed by atoms with Crippen LogP contribution in [0, 0.1) is 5.92 Å². The molecular weight excluding hydrogens is 556 g/mol. The molecule has 1 N–H and O–H groups in total. The van der Waals surface area contributed by atoms with E-state index in [4.69, 9.17) is 19.0 Å². The van der Waals surface area contributed by atoms with Crippen molar-refractivity contribution in [2.24, 2.45) is 5.92 Å². The number of halogens is 2. The number of fused-ring (bicyclic) bond motifs is 1. The number of benzene rings is 2. The van der Waals surface area contributed by atoms with Crippen LogP contribution < -0.4 is 5.43 Å². The van der Waals surface area contributed by atoms with Crippen LogP contribution in [0.4, 0.5) is 0 Å². The van der Waals surface area contributed by atoms with Crippen LogP contribution in [0.5, 0.6) is 0 Å². The molecule has 6 nitrogen and oxygen atoms in total. The molecule has 0 bridgehead atoms. The topological polar surface area (TPSA) is 86.0 Å². The summed E-state index contributed by atoms with van der Waals surface area (Å²) in [6.45, 7) is 0.382. The lowest BCUT2D eigenvalue weighted by Crippen LogP contribution is -2.32. The van der Waals surface area contributed by atoms with E-state index in [1.807, 2.05) is 48.6 Å². The quantitative estimate of drug-likeness (QED) is 0.321. The number of aliphatic carboxylic acids is 1. The van der Waals surface area contributed by atoms with Gasteiger partial charge in [0, 0.05) is 16.8 Å². The fourth-order valence-electron chi connectivity index (χ4n) is 3.87. The lowest BCUT2D eigenvalue weighted by Gasteiger charge is -2.36. The molecule has 2 aromatic carbocycles. The Morgan fingerprint density at radius 3 is 2.70 bits per heavy atom. The molecule has 0 spiro atoms. The molecule has 172 valence electrons. The average Bonchev–Trinajstić information content (AvgIpc) is 2.80. The van der Waals surface area contributed by atoms with Gasteiger partial charge < -0.3 is 19.0 Å². The molecule has 1 fully saturated rings. The zero-order valence-electron chi connectivity index (χ0n) is 17.6. The number of ether oxygens (including phenoxy) is 2. The summed E-state index contributed by atoms with van der Waals surface area (Å²) >= 11 is 6.85. The molecule has 0 aliphatic carbocycles. The Morgan fingerprint density at radius 2 is 1.94 bits per heavy atom. The Kier molecular flexibility index (Phi) is 7.80. The van der Waals surface area contributed by atoms with Crippen molar-refractivity contribution in [1.29, 1.82) is 0 Å². The lowest BCUT2D eigenvalue weighted by atomic mass is 9.92. The van der Waals surface area contributed by atoms with Gasteiger partial charge in [0.1, 0.15) is 6.26 Å². The van der Waals surface area contributed by atoms with Gasteiger partial charge in [0.25, 0.3) is 0 Å². The van der Waals surface area contributed by atoms with Crippen molar-refractivity contribution in [3.8, 4) is 0 Å². The van der Waals surface area contributed by atoms with Crippen LogP contribution >= 0.6 is 31.9 Å². The summed E-state index contributed by atoms with van der Waals surface area (Å²) in [5, 5.41) is 9.23. The Morgan fingerprint density at radius 1 is 1.15 bits per heavy atom. The van der Waals surface area contributed by atoms with Crippen LogP contribution in [-0.2, 0) is 14.3 Å². The van der Waals surface area contributed by atoms with Crippen LogP contribution in [0.2, 0.25) is 0 Å². The van der Waals surface area contributed by atoms with Gasteiger partial charge in [-0.1, -0.05) is 58.4 Å². The van der Waals surface area contributed by atoms with E-state index in [0.717, 1.165) is 10.0 Å². The third kappa shape index (κ3) is 5.63. The van der Waals surface area contributed by atoms with Gasteiger partial charge in [0.05, 0.1) is 28.1 Å². The predicted octanol–water partition coefficient (Wildman–Crippen LogP) is 6.53. The van der Waals surface area contributed by atoms with Crippen molar-refractivity contribution >= 4 is 48.8 Å². The molecule has 0 radical (unpaired) electrons. The molecule has 0 saturated carbocycles. The number of carboxylic acid groups (broad SMARTS) is 1. The summed E-state index contributed by atoms with van der Waals surface area (Å²) < 4.78 is 19.5. The SMILES string of the molecule is O=C(O)CC/C=C\CC1COC(c2coc3c(Br)cc(Br)cc3c2=O)OC1c1ccccc1. The minimum Gasteiger partial charge on any atom is -0.481 e. The van der Waals surface area contributed by atoms with E-state index in [9.17, 15) is 9.59 Å². The van der Waals surface area contributed by atoms with Crippen molar-refractivity contribution in [2.45, 2.75) is 31.7 Å². The van der Waals surface area contributed by atoms with Crippen LogP contribution in [0.3, 0.4) is 0 Å². The summed E-state index contributed by atoms with van der Waals surface area (Å²) in [4.78, 5) is 23.9. The summed E-state index contributed by atoms with van der Waals surface area (Å²) in [6.07, 6.45) is 5.33. The first-order chi connectivity index (χ1) is 15.9. The third-order valence-electron chi connectivity index (χ3n) is 5.49. The monoisotopic (exact) mass is 576 g/mol. The molecule has 2 heterocycles. The second kappa shape index (κ2) is 10.8. The highest BCUT2D eigenvalue weighted by Gasteiger charge is 2.35. The highest BCUT2D eigenvalue weighted by atomic mass is 79.9. The molecule has 3 atom stereocenters. The van der Waals surface area contributed by atoms with Crippen LogP contribution in [0.1, 0.15) is 42.8 Å². The Bertz CT molecular complexity index is 1220. The predicted molar refractivity (Wildman–Crippen MR) is 131 cm³/mol. The van der Waals surface area contributed by atoms with Gasteiger partial charge in [-0.25, -0.2) is 0 Å². The van der Waals surface area contributed by atoms with Gasteiger partial charge in [-0.2, -0.15) is 0 Å². The molecule has 1 saturated heterocycles. The lowest BCUT2D eigenvalue weighted by molar-refractivity contribution is -0.244. The fraction of sp³-hybridized carbons (Fsp3) is 0.280. The molecule has 3 aromatic rings. The van der Waals surface area contributed by atoms with Gasteiger partial charge in [0.2, 0.25) is 5.43 Å². The first-order valence-corrected chi connectivity index (χ1v) is 12.1. The van der Waals surface area contributed by atoms with Crippen LogP contribution in [0.25, 0.3) is 11.0 Å². The van der Waals surface area contributed by atoms with E-state index in [0.29, 0.717) is 40.5 Å². The minimum atomic E-state index is -0.860. The highest BCUT2D eigenvalue weighted by molar-refractivity contribution is 9.11. The van der Waals surface area contributed by atoms with E-state index in [1.165, 1.54) is 6.26 Å². The normalized spacial score (nSPS) is 21.0. The Balaban J connectivity index is 1.59. The van der Waals surface area contributed by atoms with E-state index in [2.05, 4.69) is 31.9 Å². The van der Waals surface area contributed by atoms with Crippen molar-refractivity contribution in [3.63, 3.8) is 0 Å². The molecule has 4 rings (SSSR count). The number of hydrogen-bond acceptors (Lipinski definition) is 5. The maximum atomic E-state index is 13.2. The second-order valence-corrected chi connectivity index (χ2v) is 9.59. The van der Waals surface area contributed by atoms with Gasteiger partial charge in [-0.3, -0.25) is 9.59 Å². The fourth-order valence-corrected chi connectivity index (χ4v) is 5.19. The molecule has 3 unspecified atom stereocenters. The molecule has 0 amide bonds. The van der Waals surface area contributed by atoms with Crippen LogP contribution in [-0.4, -0.2) is 17.7 Å². The van der Waals surface area contributed by atoms with E-state index in [-0.39, 0.29) is 23.9 Å². The molecule has 1 aliphatic heterocycles. The number of rotatable bonds is 7. The molecule has 8 heteroatoms. The maximum Gasteiger partial charge on any atom is 0.303 e. The average molecular weight is 578 g/mol. The maximum absolute atomic E-state index is 13.2. The Hall–Kier alpha value is -2.26. The van der Waals surface area contributed by atoms with Gasteiger partial charge >= 0.3 is 5.97 Å². The van der Waals surface area contributed by atoms with Crippen LogP contribution in [0.15, 0.2) is 79.0 Å². The molecule has 1 aliphatic rings. The summed E-state index contributed by atoms with van der Waals surface area (Å²) in [5.41, 5.74) is 1.56. The van der Waals surface area contributed by atoms with E-state index in [1.54, 1.807) is 6.07 Å². The van der Waals surface area contributed by atoms with Crippen molar-refractivity contribution in [3.05, 3.63) is 91.2 Å². The number of carboxylic acids is 1. The first kappa shape index (κ1) is 23.9. The number of carbonyl (C=O) groups is 1. The first-order valence-electron chi connectivity index (χ1n) is 10.5. The standard InChI is InChI=1S/C25H22Br2O6/c26-17-11-18-22(30)19(14-31-24(18)20(27)12-17)25-32-13-16(9-5-2-6-10-21(28)29)23(33-25)15-7-3-1-4-8-15/h1-5,7-8,11-12,14,16,23,25H,6,9-10,13H2,(H,28,29)/b5-2-. The second-order valence-electron chi connectivity index (χ2n) is 7.82. The van der Waals surface area contributed by atoms with Gasteiger partial charge in [-0.05, 0) is 46.5 Å². The Labute approximate surface area is 207 Å². The number of allylic oxidation sites excluding steroid dienone is 2. The third-order valence-corrected chi connectivity index (χ3v) is 6.54. The van der Waals surface area contributed by atoms with Crippen molar-refractivity contribution < 1.29 is 23.8 Å². The summed E-state index contributed by atoms with van der Waals surface area (Å²) in [7, 11) is 0. The zero-order valence-corrected chi connectivity index (χ0v) is 20.8. The summed E-state index contributed by atoms with van der Waals surface area (Å²) in [5.74, 6) is -0.803. The smallest absolute Gasteiger partial charge is 0.303 e. The van der Waals surface area contributed by atoms with E-state index >= 15 is 0 Å². The van der Waals surface area contributed by atoms with Crippen molar-refractivity contribution in [1.82, 2.24) is 0 Å². The largest absolute Gasteiger partial charge is 0.481 e. The van der Waals surface area contributed by atoms with Gasteiger partial charge in [-0.15, -0.1) is 0 Å². The minimum absolute atomic E-state index is 0.0144. The molecule has 33 heavy (non-hydrogen) atoms. The van der Waals surface area contributed by atoms with Gasteiger partial charge in [0.15, 0.2) is 11.9 Å². The number of hydrogen-bond donors (Lipinski definition) is 1. The summed E-state index contributed by atoms with van der Waals surface area (Å²) in [6, 6.07) is 13.4. The van der Waals surface area contributed by atoms with E-state index < -0.39 is 12.3 Å². The molecular formula is C25H22Br2O6. The highest BCUT2D eigenvalue weighted by Crippen LogP contribution is 2.40.